The molecule has 0 aromatic carbocycles. The topological polar surface area (TPSA) is 96.7 Å². The number of nitrogens with zero attached hydrogens (tertiary/aromatic N) is 4. The van der Waals surface area contributed by atoms with Crippen LogP contribution in [0.15, 0.2) is 38.8 Å². The Morgan fingerprint density at radius 2 is 2.22 bits per heavy atom. The Labute approximate surface area is 140 Å². The lowest BCUT2D eigenvalue weighted by Gasteiger charge is -2.15. The smallest absolute Gasteiger partial charge is 0.275 e. The van der Waals surface area contributed by atoms with E-state index >= 15 is 0 Å². The van der Waals surface area contributed by atoms with Gasteiger partial charge in [-0.3, -0.25) is 4.79 Å². The summed E-state index contributed by atoms with van der Waals surface area (Å²) in [6, 6.07) is 4.61. The fourth-order valence-electron chi connectivity index (χ4n) is 1.82. The molecular weight excluding hydrogens is 358 g/mol. The second kappa shape index (κ2) is 6.35. The van der Waals surface area contributed by atoms with Gasteiger partial charge in [-0.25, -0.2) is 13.4 Å². The van der Waals surface area contributed by atoms with Crippen LogP contribution in [-0.4, -0.2) is 47.5 Å². The predicted octanol–water partition coefficient (Wildman–Crippen LogP) is 0.945. The standard InChI is InChI=1S/C12H13N5O3S3/c1-16(23(19,20)10-3-2-8-21-10)7-6-13-11-15-17-9(18)4-5-14-12(17)22-11/h2-5,8H,6-7H2,1H3,(H,13,15). The van der Waals surface area contributed by atoms with Gasteiger partial charge in [-0.1, -0.05) is 17.4 Å². The zero-order valence-electron chi connectivity index (χ0n) is 12.0. The fraction of sp³-hybridized carbons (Fsp3) is 0.250. The highest BCUT2D eigenvalue weighted by Crippen LogP contribution is 2.20. The number of rotatable bonds is 6. The summed E-state index contributed by atoms with van der Waals surface area (Å²) in [5, 5.41) is 9.36. The Hall–Kier alpha value is -1.82. The second-order valence-corrected chi connectivity index (χ2v) is 8.75. The second-order valence-electron chi connectivity index (χ2n) is 4.57. The maximum Gasteiger partial charge on any atom is 0.275 e. The van der Waals surface area contributed by atoms with E-state index in [0.717, 1.165) is 0 Å². The number of hydrogen-bond donors (Lipinski definition) is 1. The third-order valence-electron chi connectivity index (χ3n) is 3.03. The summed E-state index contributed by atoms with van der Waals surface area (Å²) in [6.07, 6.45) is 1.43. The van der Waals surface area contributed by atoms with E-state index in [1.807, 2.05) is 0 Å². The monoisotopic (exact) mass is 371 g/mol. The number of thiophene rings is 1. The van der Waals surface area contributed by atoms with Crippen molar-refractivity contribution in [2.45, 2.75) is 4.21 Å². The van der Waals surface area contributed by atoms with E-state index in [1.54, 1.807) is 17.5 Å². The van der Waals surface area contributed by atoms with Gasteiger partial charge in [0.2, 0.25) is 10.1 Å². The quantitative estimate of drug-likeness (QED) is 0.693. The Balaban J connectivity index is 1.64. The molecule has 0 atom stereocenters. The molecule has 0 amide bonds. The van der Waals surface area contributed by atoms with Crippen molar-refractivity contribution < 1.29 is 8.42 Å². The third kappa shape index (κ3) is 3.27. The molecule has 0 radical (unpaired) electrons. The lowest BCUT2D eigenvalue weighted by atomic mass is 10.6. The van der Waals surface area contributed by atoms with Gasteiger partial charge in [0, 0.05) is 32.4 Å². The molecule has 0 unspecified atom stereocenters. The molecule has 0 aliphatic carbocycles. The molecule has 3 aromatic heterocycles. The molecule has 0 spiro atoms. The van der Waals surface area contributed by atoms with Crippen LogP contribution < -0.4 is 10.9 Å². The number of hydrogen-bond acceptors (Lipinski definition) is 8. The highest BCUT2D eigenvalue weighted by Gasteiger charge is 2.21. The van der Waals surface area contributed by atoms with Crippen molar-refractivity contribution in [2.75, 3.05) is 25.5 Å². The third-order valence-corrected chi connectivity index (χ3v) is 7.14. The molecule has 3 heterocycles. The van der Waals surface area contributed by atoms with E-state index in [4.69, 9.17) is 0 Å². The van der Waals surface area contributed by atoms with E-state index in [-0.39, 0.29) is 12.1 Å². The van der Waals surface area contributed by atoms with Gasteiger partial charge in [-0.05, 0) is 11.4 Å². The fourth-order valence-corrected chi connectivity index (χ4v) is 4.99. The van der Waals surface area contributed by atoms with Gasteiger partial charge in [0.15, 0.2) is 0 Å². The first kappa shape index (κ1) is 16.1. The number of nitrogens with one attached hydrogen (secondary N) is 1. The molecule has 0 bridgehead atoms. The number of anilines is 1. The van der Waals surface area contributed by atoms with Crippen molar-refractivity contribution in [1.82, 2.24) is 18.9 Å². The van der Waals surface area contributed by atoms with Crippen LogP contribution in [0.5, 0.6) is 0 Å². The van der Waals surface area contributed by atoms with Crippen molar-refractivity contribution in [1.29, 1.82) is 0 Å². The van der Waals surface area contributed by atoms with Gasteiger partial charge in [0.05, 0.1) is 0 Å². The molecule has 0 aliphatic rings. The van der Waals surface area contributed by atoms with Gasteiger partial charge >= 0.3 is 0 Å². The van der Waals surface area contributed by atoms with E-state index < -0.39 is 10.0 Å². The Morgan fingerprint density at radius 3 is 2.91 bits per heavy atom. The van der Waals surface area contributed by atoms with Gasteiger partial charge in [0.25, 0.3) is 15.6 Å². The van der Waals surface area contributed by atoms with Crippen molar-refractivity contribution in [3.63, 3.8) is 0 Å². The van der Waals surface area contributed by atoms with Crippen LogP contribution in [0.4, 0.5) is 5.13 Å². The van der Waals surface area contributed by atoms with Crippen LogP contribution in [0.25, 0.3) is 4.96 Å². The predicted molar refractivity (Wildman–Crippen MR) is 89.8 cm³/mol. The normalized spacial score (nSPS) is 12.1. The van der Waals surface area contributed by atoms with Crippen LogP contribution in [0.1, 0.15) is 0 Å². The zero-order chi connectivity index (χ0) is 16.4. The Morgan fingerprint density at radius 1 is 1.39 bits per heavy atom. The van der Waals surface area contributed by atoms with Crippen LogP contribution in [-0.2, 0) is 10.0 Å². The van der Waals surface area contributed by atoms with Gasteiger partial charge in [-0.15, -0.1) is 16.4 Å². The lowest BCUT2D eigenvalue weighted by Crippen LogP contribution is -2.31. The molecular formula is C12H13N5O3S3. The highest BCUT2D eigenvalue weighted by atomic mass is 32.2. The van der Waals surface area contributed by atoms with Crippen LogP contribution in [0.3, 0.4) is 0 Å². The molecule has 3 aromatic rings. The Bertz CT molecular complexity index is 961. The van der Waals surface area contributed by atoms with Gasteiger partial charge < -0.3 is 5.32 Å². The van der Waals surface area contributed by atoms with Crippen molar-refractivity contribution in [2.24, 2.45) is 0 Å². The zero-order valence-corrected chi connectivity index (χ0v) is 14.5. The SMILES string of the molecule is CN(CCNc1nn2c(=O)ccnc2s1)S(=O)(=O)c1cccs1. The van der Waals surface area contributed by atoms with Crippen molar-refractivity contribution >= 4 is 42.8 Å². The summed E-state index contributed by atoms with van der Waals surface area (Å²) < 4.78 is 27.3. The van der Waals surface area contributed by atoms with E-state index in [9.17, 15) is 13.2 Å². The van der Waals surface area contributed by atoms with Crippen LogP contribution >= 0.6 is 22.7 Å². The maximum absolute atomic E-state index is 12.3. The van der Waals surface area contributed by atoms with Crippen LogP contribution in [0, 0.1) is 0 Å². The lowest BCUT2D eigenvalue weighted by molar-refractivity contribution is 0.482. The summed E-state index contributed by atoms with van der Waals surface area (Å²) in [7, 11) is -1.93. The molecule has 1 N–H and O–H groups in total. The van der Waals surface area contributed by atoms with Gasteiger partial charge in [0.1, 0.15) is 4.21 Å². The summed E-state index contributed by atoms with van der Waals surface area (Å²) >= 11 is 2.42. The average molecular weight is 371 g/mol. The van der Waals surface area contributed by atoms with E-state index in [0.29, 0.717) is 20.8 Å². The Kier molecular flexibility index (Phi) is 4.43. The van der Waals surface area contributed by atoms with Gasteiger partial charge in [-0.2, -0.15) is 8.82 Å². The minimum atomic E-state index is -3.45. The first-order chi connectivity index (χ1) is 11.0. The summed E-state index contributed by atoms with van der Waals surface area (Å²) in [4.78, 5) is 16.1. The first-order valence-corrected chi connectivity index (χ1v) is 9.71. The molecule has 8 nitrogen and oxygen atoms in total. The number of likely N-dealkylation sites (N-methyl/N-ethyl adjacent to an activating group) is 1. The molecule has 3 rings (SSSR count). The molecule has 0 saturated carbocycles. The molecule has 0 fully saturated rings. The number of fused-ring (bicyclic) bond motifs is 1. The molecule has 11 heteroatoms. The summed E-state index contributed by atoms with van der Waals surface area (Å²) in [6.45, 7) is 0.647. The molecule has 0 aliphatic heterocycles. The molecule has 23 heavy (non-hydrogen) atoms. The first-order valence-electron chi connectivity index (χ1n) is 6.57. The summed E-state index contributed by atoms with van der Waals surface area (Å²) in [5.74, 6) is 0. The number of aromatic nitrogens is 3. The van der Waals surface area contributed by atoms with Crippen LogP contribution in [0.2, 0.25) is 0 Å². The van der Waals surface area contributed by atoms with Crippen molar-refractivity contribution in [3.8, 4) is 0 Å². The maximum atomic E-state index is 12.3. The van der Waals surface area contributed by atoms with E-state index in [1.165, 1.54) is 50.8 Å². The van der Waals surface area contributed by atoms with E-state index in [2.05, 4.69) is 15.4 Å². The summed E-state index contributed by atoms with van der Waals surface area (Å²) in [5.41, 5.74) is -0.253. The minimum absolute atomic E-state index is 0.253. The number of sulfonamides is 1. The largest absolute Gasteiger partial charge is 0.359 e. The minimum Gasteiger partial charge on any atom is -0.359 e. The average Bonchev–Trinajstić information content (AvgIpc) is 3.17. The van der Waals surface area contributed by atoms with Crippen molar-refractivity contribution in [3.05, 3.63) is 40.1 Å². The highest BCUT2D eigenvalue weighted by molar-refractivity contribution is 7.91. The molecule has 0 saturated heterocycles. The molecule has 122 valence electrons.